The van der Waals surface area contributed by atoms with E-state index in [4.69, 9.17) is 15.0 Å². The number of aliphatic imine (C=N–C) groups is 1. The third-order valence-electron chi connectivity index (χ3n) is 8.89. The first-order valence-corrected chi connectivity index (χ1v) is 15.2. The van der Waals surface area contributed by atoms with Crippen molar-refractivity contribution in [2.45, 2.75) is 31.8 Å². The van der Waals surface area contributed by atoms with Crippen LogP contribution in [0.1, 0.15) is 25.7 Å². The highest BCUT2D eigenvalue weighted by molar-refractivity contribution is 5.77. The fourth-order valence-corrected chi connectivity index (χ4v) is 6.75. The van der Waals surface area contributed by atoms with Crippen LogP contribution in [0.2, 0.25) is 0 Å². The molecule has 1 aliphatic carbocycles. The van der Waals surface area contributed by atoms with Crippen LogP contribution < -0.4 is 4.90 Å². The summed E-state index contributed by atoms with van der Waals surface area (Å²) in [5.74, 6) is 1.12. The Labute approximate surface area is 252 Å². The first-order valence-electron chi connectivity index (χ1n) is 15.2. The maximum absolute atomic E-state index is 5.06. The van der Waals surface area contributed by atoms with Crippen molar-refractivity contribution >= 4 is 11.9 Å². The number of nitrogens with zero attached hydrogens (tertiary/aromatic N) is 4. The van der Waals surface area contributed by atoms with Crippen LogP contribution in [-0.4, -0.2) is 22.3 Å². The Morgan fingerprint density at radius 1 is 0.581 bits per heavy atom. The minimum atomic E-state index is 0.133. The minimum Gasteiger partial charge on any atom is -0.322 e. The van der Waals surface area contributed by atoms with E-state index >= 15 is 0 Å². The van der Waals surface area contributed by atoms with Crippen molar-refractivity contribution in [2.24, 2.45) is 10.9 Å². The Hall–Kier alpha value is -5.09. The van der Waals surface area contributed by atoms with Gasteiger partial charge in [-0.2, -0.15) is 0 Å². The normalized spacial score (nSPS) is 18.9. The number of rotatable bonds is 5. The van der Waals surface area contributed by atoms with Gasteiger partial charge in [-0.3, -0.25) is 4.99 Å². The average Bonchev–Trinajstić information content (AvgIpc) is 3.43. The summed E-state index contributed by atoms with van der Waals surface area (Å²) in [6.45, 7) is 0. The molecule has 0 radical (unpaired) electrons. The number of fused-ring (bicyclic) bond motifs is 2. The summed E-state index contributed by atoms with van der Waals surface area (Å²) >= 11 is 0. The lowest BCUT2D eigenvalue weighted by Gasteiger charge is -2.30. The van der Waals surface area contributed by atoms with Gasteiger partial charge >= 0.3 is 0 Å². The molecule has 5 aromatic rings. The summed E-state index contributed by atoms with van der Waals surface area (Å²) in [5, 5.41) is 0. The molecule has 4 heteroatoms. The molecule has 3 aliphatic rings. The number of hydrogen-bond acceptors (Lipinski definition) is 4. The summed E-state index contributed by atoms with van der Waals surface area (Å²) in [7, 11) is 0. The minimum absolute atomic E-state index is 0.133. The van der Waals surface area contributed by atoms with Gasteiger partial charge in [0, 0.05) is 40.2 Å². The fraction of sp³-hybridized carbons (Fsp3) is 0.154. The van der Waals surface area contributed by atoms with Gasteiger partial charge in [-0.05, 0) is 66.7 Å². The van der Waals surface area contributed by atoms with E-state index in [1.807, 2.05) is 30.5 Å². The molecular formula is C39H32N4. The van der Waals surface area contributed by atoms with Gasteiger partial charge in [0.1, 0.15) is 6.17 Å². The Balaban J connectivity index is 1.16. The van der Waals surface area contributed by atoms with Crippen LogP contribution in [0.5, 0.6) is 0 Å². The van der Waals surface area contributed by atoms with Crippen molar-refractivity contribution < 1.29 is 0 Å². The highest BCUT2D eigenvalue weighted by Gasteiger charge is 2.40. The van der Waals surface area contributed by atoms with Gasteiger partial charge in [0.2, 0.25) is 0 Å². The van der Waals surface area contributed by atoms with Gasteiger partial charge in [0.05, 0.1) is 11.4 Å². The number of hydrogen-bond donors (Lipinski definition) is 0. The molecule has 2 aliphatic heterocycles. The number of anilines is 1. The lowest BCUT2D eigenvalue weighted by molar-refractivity contribution is 0.587. The smallest absolute Gasteiger partial charge is 0.160 e. The first kappa shape index (κ1) is 25.6. The van der Waals surface area contributed by atoms with Crippen LogP contribution in [0.25, 0.3) is 45.0 Å². The summed E-state index contributed by atoms with van der Waals surface area (Å²) in [5.41, 5.74) is 11.6. The number of allylic oxidation sites excluding steroid dienone is 2. The second-order valence-electron chi connectivity index (χ2n) is 11.5. The van der Waals surface area contributed by atoms with Crippen molar-refractivity contribution in [3.8, 4) is 45.0 Å². The molecule has 208 valence electrons. The van der Waals surface area contributed by atoms with E-state index in [1.54, 1.807) is 5.57 Å². The molecule has 2 atom stereocenters. The van der Waals surface area contributed by atoms with Gasteiger partial charge in [-0.15, -0.1) is 0 Å². The Bertz CT molecular complexity index is 1850. The van der Waals surface area contributed by atoms with Crippen molar-refractivity contribution in [2.75, 3.05) is 4.90 Å². The number of benzene rings is 4. The van der Waals surface area contributed by atoms with Crippen LogP contribution in [0.15, 0.2) is 144 Å². The summed E-state index contributed by atoms with van der Waals surface area (Å²) < 4.78 is 0. The van der Waals surface area contributed by atoms with Crippen LogP contribution in [0, 0.1) is 5.92 Å². The second kappa shape index (κ2) is 11.0. The largest absolute Gasteiger partial charge is 0.322 e. The summed E-state index contributed by atoms with van der Waals surface area (Å²) in [4.78, 5) is 17.5. The predicted molar refractivity (Wildman–Crippen MR) is 177 cm³/mol. The maximum Gasteiger partial charge on any atom is 0.160 e. The molecule has 4 aromatic carbocycles. The van der Waals surface area contributed by atoms with Gasteiger partial charge in [0.15, 0.2) is 5.82 Å². The predicted octanol–water partition coefficient (Wildman–Crippen LogP) is 9.38. The highest BCUT2D eigenvalue weighted by Crippen LogP contribution is 2.46. The third kappa shape index (κ3) is 4.79. The van der Waals surface area contributed by atoms with E-state index in [-0.39, 0.29) is 6.17 Å². The average molecular weight is 557 g/mol. The Morgan fingerprint density at radius 3 is 1.86 bits per heavy atom. The lowest BCUT2D eigenvalue weighted by atomic mass is 9.88. The molecule has 4 nitrogen and oxygen atoms in total. The zero-order valence-corrected chi connectivity index (χ0v) is 24.0. The van der Waals surface area contributed by atoms with E-state index in [0.717, 1.165) is 40.3 Å². The topological polar surface area (TPSA) is 41.4 Å². The molecule has 0 saturated carbocycles. The molecule has 2 unspecified atom stereocenters. The molecule has 0 bridgehead atoms. The van der Waals surface area contributed by atoms with Gasteiger partial charge in [0.25, 0.3) is 0 Å². The SMILES string of the molecule is C1=CC2C3=C(CCCC3)N(c3ccc(-c4cc(-c5ccc(-c6ccccc6)cc5)nc(-c5ccccc5)n4)cc3)C2N=C1. The summed E-state index contributed by atoms with van der Waals surface area (Å²) in [6, 6.07) is 40.4. The molecule has 0 N–H and O–H groups in total. The molecule has 3 heterocycles. The van der Waals surface area contributed by atoms with Gasteiger partial charge in [-0.1, -0.05) is 103 Å². The van der Waals surface area contributed by atoms with E-state index in [2.05, 4.69) is 108 Å². The zero-order valence-electron chi connectivity index (χ0n) is 24.0. The first-order chi connectivity index (χ1) is 21.3. The van der Waals surface area contributed by atoms with Crippen molar-refractivity contribution in [1.29, 1.82) is 0 Å². The number of dihydropyridines is 1. The molecular weight excluding hydrogens is 524 g/mol. The molecule has 0 fully saturated rings. The van der Waals surface area contributed by atoms with Crippen LogP contribution in [0.3, 0.4) is 0 Å². The Morgan fingerprint density at radius 2 is 1.16 bits per heavy atom. The quantitative estimate of drug-likeness (QED) is 0.217. The van der Waals surface area contributed by atoms with E-state index in [1.165, 1.54) is 41.8 Å². The third-order valence-corrected chi connectivity index (χ3v) is 8.89. The fourth-order valence-electron chi connectivity index (χ4n) is 6.75. The monoisotopic (exact) mass is 556 g/mol. The van der Waals surface area contributed by atoms with Crippen LogP contribution in [0.4, 0.5) is 5.69 Å². The van der Waals surface area contributed by atoms with Crippen LogP contribution >= 0.6 is 0 Å². The second-order valence-corrected chi connectivity index (χ2v) is 11.5. The molecule has 8 rings (SSSR count). The van der Waals surface area contributed by atoms with Crippen molar-refractivity contribution in [3.63, 3.8) is 0 Å². The lowest BCUT2D eigenvalue weighted by Crippen LogP contribution is -2.33. The van der Waals surface area contributed by atoms with Crippen molar-refractivity contribution in [3.05, 3.63) is 139 Å². The zero-order chi connectivity index (χ0) is 28.6. The maximum atomic E-state index is 5.06. The highest BCUT2D eigenvalue weighted by atomic mass is 15.3. The number of aromatic nitrogens is 2. The molecule has 0 spiro atoms. The van der Waals surface area contributed by atoms with E-state index in [0.29, 0.717) is 5.92 Å². The van der Waals surface area contributed by atoms with Gasteiger partial charge < -0.3 is 4.90 Å². The molecule has 0 amide bonds. The molecule has 0 saturated heterocycles. The standard InChI is InChI=1S/C39H32N4/c1-3-10-27(11-4-1)28-17-19-29(20-18-28)35-26-36(42-38(41-35)31-12-5-2-6-13-31)30-21-23-32(24-22-30)43-37-16-8-7-14-33(37)34-15-9-25-40-39(34)43/h1-6,9-13,15,17-26,34,39H,7-8,14,16H2. The van der Waals surface area contributed by atoms with Gasteiger partial charge in [-0.25, -0.2) is 9.97 Å². The summed E-state index contributed by atoms with van der Waals surface area (Å²) in [6.07, 6.45) is 11.4. The van der Waals surface area contributed by atoms with Crippen molar-refractivity contribution in [1.82, 2.24) is 9.97 Å². The van der Waals surface area contributed by atoms with E-state index in [9.17, 15) is 0 Å². The molecule has 1 aromatic heterocycles. The molecule has 43 heavy (non-hydrogen) atoms. The van der Waals surface area contributed by atoms with Crippen LogP contribution in [-0.2, 0) is 0 Å². The Kier molecular flexibility index (Phi) is 6.52. The van der Waals surface area contributed by atoms with E-state index < -0.39 is 0 Å².